The topological polar surface area (TPSA) is 90.7 Å². The first-order valence-corrected chi connectivity index (χ1v) is 13.4. The first-order valence-electron chi connectivity index (χ1n) is 13.1. The Balaban J connectivity index is 1.57. The maximum atomic E-state index is 12.6. The molecule has 41 heavy (non-hydrogen) atoms. The van der Waals surface area contributed by atoms with Crippen molar-refractivity contribution in [3.05, 3.63) is 125 Å². The Hall–Kier alpha value is -4.88. The molecule has 7 nitrogen and oxygen atoms in total. The SMILES string of the molecule is CCNC(=O)c1nocc1-c1ccc(C=O)c(-c2cc(Cl)c(OCc3ccccc3)cc2OCc2ccccc2)c1. The second-order valence-electron chi connectivity index (χ2n) is 9.18. The van der Waals surface area contributed by atoms with Crippen LogP contribution in [0.1, 0.15) is 38.9 Å². The van der Waals surface area contributed by atoms with Crippen LogP contribution in [0, 0.1) is 0 Å². The minimum absolute atomic E-state index is 0.153. The fourth-order valence-electron chi connectivity index (χ4n) is 4.36. The van der Waals surface area contributed by atoms with Crippen LogP contribution in [0.25, 0.3) is 22.3 Å². The first-order chi connectivity index (χ1) is 20.1. The van der Waals surface area contributed by atoms with Gasteiger partial charge in [-0.25, -0.2) is 0 Å². The highest BCUT2D eigenvalue weighted by Crippen LogP contribution is 2.42. The molecule has 0 unspecified atom stereocenters. The molecule has 0 saturated heterocycles. The fourth-order valence-corrected chi connectivity index (χ4v) is 4.57. The average molecular weight is 567 g/mol. The number of aromatic nitrogens is 1. The summed E-state index contributed by atoms with van der Waals surface area (Å²) in [5, 5.41) is 6.99. The minimum atomic E-state index is -0.355. The zero-order chi connectivity index (χ0) is 28.6. The van der Waals surface area contributed by atoms with Crippen molar-refractivity contribution in [2.45, 2.75) is 20.1 Å². The summed E-state index contributed by atoms with van der Waals surface area (Å²) < 4.78 is 17.5. The lowest BCUT2D eigenvalue weighted by Crippen LogP contribution is -2.23. The number of nitrogens with one attached hydrogen (secondary N) is 1. The molecule has 0 fully saturated rings. The van der Waals surface area contributed by atoms with E-state index < -0.39 is 0 Å². The van der Waals surface area contributed by atoms with Crippen LogP contribution in [0.4, 0.5) is 0 Å². The molecule has 0 spiro atoms. The van der Waals surface area contributed by atoms with Crippen molar-refractivity contribution in [3.63, 3.8) is 0 Å². The van der Waals surface area contributed by atoms with E-state index in [1.54, 1.807) is 30.3 Å². The van der Waals surface area contributed by atoms with Crippen molar-refractivity contribution < 1.29 is 23.6 Å². The van der Waals surface area contributed by atoms with Gasteiger partial charge in [-0.05, 0) is 41.3 Å². The summed E-state index contributed by atoms with van der Waals surface area (Å²) in [5.74, 6) is 0.576. The number of ether oxygens (including phenoxy) is 2. The Morgan fingerprint density at radius 3 is 2.15 bits per heavy atom. The van der Waals surface area contributed by atoms with E-state index in [4.69, 9.17) is 25.6 Å². The number of halogens is 1. The predicted octanol–water partition coefficient (Wildman–Crippen LogP) is 7.38. The number of aldehydes is 1. The second kappa shape index (κ2) is 13.0. The molecule has 1 amide bonds. The third kappa shape index (κ3) is 6.48. The zero-order valence-corrected chi connectivity index (χ0v) is 23.1. The molecule has 1 N–H and O–H groups in total. The van der Waals surface area contributed by atoms with Gasteiger partial charge in [-0.1, -0.05) is 89.6 Å². The predicted molar refractivity (Wildman–Crippen MR) is 157 cm³/mol. The van der Waals surface area contributed by atoms with Crippen LogP contribution in [0.2, 0.25) is 5.02 Å². The zero-order valence-electron chi connectivity index (χ0n) is 22.3. The number of rotatable bonds is 11. The maximum absolute atomic E-state index is 12.6. The quantitative estimate of drug-likeness (QED) is 0.168. The number of hydrogen-bond donors (Lipinski definition) is 1. The van der Waals surface area contributed by atoms with Crippen LogP contribution >= 0.6 is 11.6 Å². The Bertz CT molecular complexity index is 1650. The average Bonchev–Trinajstić information content (AvgIpc) is 3.51. The number of benzene rings is 4. The Labute approximate surface area is 242 Å². The molecule has 0 aliphatic heterocycles. The lowest BCUT2D eigenvalue weighted by Gasteiger charge is -2.17. The highest BCUT2D eigenvalue weighted by molar-refractivity contribution is 6.32. The summed E-state index contributed by atoms with van der Waals surface area (Å²) in [6.45, 7) is 2.88. The highest BCUT2D eigenvalue weighted by atomic mass is 35.5. The highest BCUT2D eigenvalue weighted by Gasteiger charge is 2.21. The molecule has 0 bridgehead atoms. The molecule has 206 valence electrons. The normalized spacial score (nSPS) is 10.7. The molecule has 4 aromatic carbocycles. The number of nitrogens with zero attached hydrogens (tertiary/aromatic N) is 1. The monoisotopic (exact) mass is 566 g/mol. The van der Waals surface area contributed by atoms with E-state index in [9.17, 15) is 9.59 Å². The largest absolute Gasteiger partial charge is 0.488 e. The lowest BCUT2D eigenvalue weighted by molar-refractivity contribution is 0.0947. The third-order valence-corrected chi connectivity index (χ3v) is 6.71. The van der Waals surface area contributed by atoms with E-state index in [2.05, 4.69) is 10.5 Å². The Morgan fingerprint density at radius 1 is 0.854 bits per heavy atom. The fraction of sp³-hybridized carbons (Fsp3) is 0.121. The first kappa shape index (κ1) is 27.7. The van der Waals surface area contributed by atoms with E-state index in [0.717, 1.165) is 17.4 Å². The van der Waals surface area contributed by atoms with Gasteiger partial charge in [-0.15, -0.1) is 0 Å². The number of carbonyl (C=O) groups excluding carboxylic acids is 2. The summed E-state index contributed by atoms with van der Waals surface area (Å²) in [4.78, 5) is 24.7. The maximum Gasteiger partial charge on any atom is 0.274 e. The van der Waals surface area contributed by atoms with E-state index in [1.807, 2.05) is 67.6 Å². The van der Waals surface area contributed by atoms with E-state index in [0.29, 0.717) is 57.5 Å². The second-order valence-corrected chi connectivity index (χ2v) is 9.59. The standard InChI is InChI=1S/C33H27ClN2O5/c1-2-35-33(38)32-28(21-41-36-32)24-13-14-25(18-37)26(15-24)27-16-29(34)31(40-20-23-11-7-4-8-12-23)17-30(27)39-19-22-9-5-3-6-10-22/h3-18,21H,2,19-20H2,1H3,(H,35,38). The van der Waals surface area contributed by atoms with Crippen LogP contribution < -0.4 is 14.8 Å². The molecule has 1 heterocycles. The van der Waals surface area contributed by atoms with Gasteiger partial charge in [0.2, 0.25) is 0 Å². The van der Waals surface area contributed by atoms with Gasteiger partial charge in [-0.2, -0.15) is 0 Å². The van der Waals surface area contributed by atoms with Crippen molar-refractivity contribution in [1.29, 1.82) is 0 Å². The van der Waals surface area contributed by atoms with Crippen molar-refractivity contribution in [1.82, 2.24) is 10.5 Å². The molecule has 0 aliphatic rings. The molecule has 8 heteroatoms. The van der Waals surface area contributed by atoms with Crippen LogP contribution in [-0.4, -0.2) is 23.9 Å². The molecule has 0 saturated carbocycles. The third-order valence-electron chi connectivity index (χ3n) is 6.41. The summed E-state index contributed by atoms with van der Waals surface area (Å²) in [7, 11) is 0. The summed E-state index contributed by atoms with van der Waals surface area (Å²) in [6.07, 6.45) is 2.18. The van der Waals surface area contributed by atoms with Gasteiger partial charge in [0.25, 0.3) is 5.91 Å². The lowest BCUT2D eigenvalue weighted by atomic mass is 9.94. The summed E-state index contributed by atoms with van der Waals surface area (Å²) >= 11 is 6.72. The Kier molecular flexibility index (Phi) is 8.76. The van der Waals surface area contributed by atoms with Crippen LogP contribution in [0.3, 0.4) is 0 Å². The van der Waals surface area contributed by atoms with Gasteiger partial charge >= 0.3 is 0 Å². The van der Waals surface area contributed by atoms with E-state index in [-0.39, 0.29) is 18.2 Å². The Morgan fingerprint density at radius 2 is 1.51 bits per heavy atom. The van der Waals surface area contributed by atoms with Gasteiger partial charge in [0, 0.05) is 23.7 Å². The molecule has 0 atom stereocenters. The van der Waals surface area contributed by atoms with E-state index >= 15 is 0 Å². The van der Waals surface area contributed by atoms with Gasteiger partial charge < -0.3 is 19.3 Å². The van der Waals surface area contributed by atoms with E-state index in [1.165, 1.54) is 6.26 Å². The van der Waals surface area contributed by atoms with Gasteiger partial charge in [-0.3, -0.25) is 9.59 Å². The molecule has 5 aromatic rings. The van der Waals surface area contributed by atoms with Crippen LogP contribution in [0.15, 0.2) is 102 Å². The molecule has 1 aromatic heterocycles. The number of amides is 1. The van der Waals surface area contributed by atoms with Crippen molar-refractivity contribution in [2.75, 3.05) is 6.54 Å². The number of carbonyl (C=O) groups is 2. The van der Waals surface area contributed by atoms with Gasteiger partial charge in [0.15, 0.2) is 12.0 Å². The van der Waals surface area contributed by atoms with Gasteiger partial charge in [0.1, 0.15) is 31.0 Å². The van der Waals surface area contributed by atoms with Crippen molar-refractivity contribution in [3.8, 4) is 33.8 Å². The summed E-state index contributed by atoms with van der Waals surface area (Å²) in [5.41, 5.74) is 4.84. The molecule has 0 aliphatic carbocycles. The van der Waals surface area contributed by atoms with Crippen LogP contribution in [-0.2, 0) is 13.2 Å². The number of hydrogen-bond acceptors (Lipinski definition) is 6. The van der Waals surface area contributed by atoms with Crippen molar-refractivity contribution >= 4 is 23.8 Å². The molecule has 0 radical (unpaired) electrons. The minimum Gasteiger partial charge on any atom is -0.488 e. The smallest absolute Gasteiger partial charge is 0.274 e. The molecule has 5 rings (SSSR count). The van der Waals surface area contributed by atoms with Crippen molar-refractivity contribution in [2.24, 2.45) is 0 Å². The van der Waals surface area contributed by atoms with Gasteiger partial charge in [0.05, 0.1) is 10.6 Å². The molecular formula is C33H27ClN2O5. The molecular weight excluding hydrogens is 540 g/mol. The van der Waals surface area contributed by atoms with Crippen LogP contribution in [0.5, 0.6) is 11.5 Å². The summed E-state index contributed by atoms with van der Waals surface area (Å²) in [6, 6.07) is 28.2.